The van der Waals surface area contributed by atoms with Crippen molar-refractivity contribution in [3.8, 4) is 17.7 Å². The van der Waals surface area contributed by atoms with Crippen molar-refractivity contribution < 1.29 is 19.0 Å². The highest BCUT2D eigenvalue weighted by atomic mass is 19.1. The summed E-state index contributed by atoms with van der Waals surface area (Å²) in [6.07, 6.45) is 2.42. The Morgan fingerprint density at radius 2 is 2.23 bits per heavy atom. The number of aryl methyl sites for hydroxylation is 1. The number of morpholine rings is 1. The number of phenols is 1. The number of nitriles is 1. The van der Waals surface area contributed by atoms with Gasteiger partial charge in [-0.2, -0.15) is 5.26 Å². The molecule has 0 saturated carbocycles. The standard InChI is InChI=1S/C26H30FN5O3/c1-3-18-10-17(11-19(12-28)26(18)33)13-29-14-20-16-32(8-9-35-20)7-6-21-22(27)15-30-23-4-5-24(34-2)31-25(21)23/h4-5,10-11,15,20,29,33H,3,6-9,13-14,16H2,1-2H3/t20-/m0/s1. The van der Waals surface area contributed by atoms with Gasteiger partial charge in [-0.05, 0) is 36.1 Å². The number of halogens is 1. The fraction of sp³-hybridized carbons (Fsp3) is 0.423. The first-order valence-electron chi connectivity index (χ1n) is 11.8. The molecule has 184 valence electrons. The van der Waals surface area contributed by atoms with Crippen LogP contribution in [0.4, 0.5) is 4.39 Å². The summed E-state index contributed by atoms with van der Waals surface area (Å²) in [4.78, 5) is 10.8. The number of nitrogens with zero attached hydrogens (tertiary/aromatic N) is 4. The highest BCUT2D eigenvalue weighted by molar-refractivity contribution is 5.78. The molecule has 35 heavy (non-hydrogen) atoms. The Morgan fingerprint density at radius 1 is 1.37 bits per heavy atom. The third-order valence-electron chi connectivity index (χ3n) is 6.30. The van der Waals surface area contributed by atoms with Crippen LogP contribution in [0.2, 0.25) is 0 Å². The number of hydrogen-bond donors (Lipinski definition) is 2. The van der Waals surface area contributed by atoms with Gasteiger partial charge >= 0.3 is 0 Å². The summed E-state index contributed by atoms with van der Waals surface area (Å²) >= 11 is 0. The average molecular weight is 480 g/mol. The maximum absolute atomic E-state index is 14.6. The second-order valence-electron chi connectivity index (χ2n) is 8.60. The van der Waals surface area contributed by atoms with Crippen LogP contribution in [0.1, 0.15) is 29.2 Å². The minimum atomic E-state index is -0.359. The molecule has 2 N–H and O–H groups in total. The smallest absolute Gasteiger partial charge is 0.213 e. The molecule has 3 heterocycles. The predicted molar refractivity (Wildman–Crippen MR) is 130 cm³/mol. The molecule has 1 aromatic carbocycles. The number of hydrogen-bond acceptors (Lipinski definition) is 8. The van der Waals surface area contributed by atoms with Crippen molar-refractivity contribution in [2.75, 3.05) is 39.9 Å². The van der Waals surface area contributed by atoms with Gasteiger partial charge in [0.2, 0.25) is 5.88 Å². The van der Waals surface area contributed by atoms with E-state index in [0.717, 1.165) is 24.2 Å². The molecule has 1 aliphatic rings. The van der Waals surface area contributed by atoms with Gasteiger partial charge in [0.25, 0.3) is 0 Å². The van der Waals surface area contributed by atoms with Gasteiger partial charge in [-0.3, -0.25) is 9.88 Å². The van der Waals surface area contributed by atoms with Crippen molar-refractivity contribution in [2.45, 2.75) is 32.4 Å². The van der Waals surface area contributed by atoms with Gasteiger partial charge in [0.1, 0.15) is 17.6 Å². The molecule has 0 unspecified atom stereocenters. The van der Waals surface area contributed by atoms with E-state index < -0.39 is 0 Å². The van der Waals surface area contributed by atoms with Crippen LogP contribution in [-0.2, 0) is 24.1 Å². The summed E-state index contributed by atoms with van der Waals surface area (Å²) in [5, 5.41) is 22.8. The minimum absolute atomic E-state index is 0.000743. The zero-order chi connectivity index (χ0) is 24.8. The van der Waals surface area contributed by atoms with Gasteiger partial charge < -0.3 is 19.9 Å². The lowest BCUT2D eigenvalue weighted by Gasteiger charge is -2.33. The van der Waals surface area contributed by atoms with Crippen LogP contribution in [0.15, 0.2) is 30.5 Å². The van der Waals surface area contributed by atoms with Crippen molar-refractivity contribution in [3.05, 3.63) is 58.5 Å². The number of fused-ring (bicyclic) bond motifs is 1. The van der Waals surface area contributed by atoms with Crippen LogP contribution in [-0.4, -0.2) is 66.0 Å². The molecule has 0 bridgehead atoms. The van der Waals surface area contributed by atoms with E-state index >= 15 is 0 Å². The third-order valence-corrected chi connectivity index (χ3v) is 6.30. The van der Waals surface area contributed by atoms with E-state index in [9.17, 15) is 14.8 Å². The Labute approximate surface area is 204 Å². The Hall–Kier alpha value is -3.32. The molecule has 1 atom stereocenters. The lowest BCUT2D eigenvalue weighted by molar-refractivity contribution is -0.0267. The Morgan fingerprint density at radius 3 is 3.00 bits per heavy atom. The molecular formula is C26H30FN5O3. The number of nitrogens with one attached hydrogen (secondary N) is 1. The van der Waals surface area contributed by atoms with Crippen LogP contribution in [0.3, 0.4) is 0 Å². The predicted octanol–water partition coefficient (Wildman–Crippen LogP) is 2.95. The summed E-state index contributed by atoms with van der Waals surface area (Å²) in [5.41, 5.74) is 3.74. The van der Waals surface area contributed by atoms with Crippen molar-refractivity contribution in [1.82, 2.24) is 20.2 Å². The maximum Gasteiger partial charge on any atom is 0.213 e. The molecule has 1 fully saturated rings. The topological polar surface area (TPSA) is 104 Å². The van der Waals surface area contributed by atoms with E-state index in [1.54, 1.807) is 18.2 Å². The number of aromatic hydroxyl groups is 1. The number of benzene rings is 1. The van der Waals surface area contributed by atoms with Crippen LogP contribution < -0.4 is 10.1 Å². The third kappa shape index (κ3) is 5.85. The first-order chi connectivity index (χ1) is 17.0. The largest absolute Gasteiger partial charge is 0.506 e. The van der Waals surface area contributed by atoms with Crippen molar-refractivity contribution in [1.29, 1.82) is 5.26 Å². The zero-order valence-corrected chi connectivity index (χ0v) is 20.1. The van der Waals surface area contributed by atoms with Crippen molar-refractivity contribution >= 4 is 11.0 Å². The van der Waals surface area contributed by atoms with Gasteiger partial charge in [0.15, 0.2) is 0 Å². The fourth-order valence-corrected chi connectivity index (χ4v) is 4.40. The van der Waals surface area contributed by atoms with Gasteiger partial charge in [-0.25, -0.2) is 9.37 Å². The lowest BCUT2D eigenvalue weighted by Crippen LogP contribution is -2.47. The summed E-state index contributed by atoms with van der Waals surface area (Å²) in [6.45, 7) is 5.96. The molecule has 2 aromatic heterocycles. The Balaban J connectivity index is 1.33. The molecule has 0 spiro atoms. The molecule has 0 radical (unpaired) electrons. The number of aromatic nitrogens is 2. The number of phenolic OH excluding ortho intramolecular Hbond substituents is 1. The van der Waals surface area contributed by atoms with Crippen molar-refractivity contribution in [3.63, 3.8) is 0 Å². The van der Waals surface area contributed by atoms with Gasteiger partial charge in [-0.15, -0.1) is 0 Å². The van der Waals surface area contributed by atoms with Gasteiger partial charge in [-0.1, -0.05) is 13.0 Å². The molecule has 1 aliphatic heterocycles. The normalized spacial score (nSPS) is 16.3. The lowest BCUT2D eigenvalue weighted by atomic mass is 10.0. The van der Waals surface area contributed by atoms with Crippen LogP contribution in [0.25, 0.3) is 11.0 Å². The van der Waals surface area contributed by atoms with Crippen LogP contribution in [0.5, 0.6) is 11.6 Å². The molecule has 3 aromatic rings. The van der Waals surface area contributed by atoms with E-state index in [4.69, 9.17) is 9.47 Å². The summed E-state index contributed by atoms with van der Waals surface area (Å²) in [6, 6.07) is 9.20. The first kappa shape index (κ1) is 24.8. The number of methoxy groups -OCH3 is 1. The average Bonchev–Trinajstić information content (AvgIpc) is 2.88. The van der Waals surface area contributed by atoms with Crippen molar-refractivity contribution in [2.24, 2.45) is 0 Å². The summed E-state index contributed by atoms with van der Waals surface area (Å²) in [5.74, 6) is 0.143. The van der Waals surface area contributed by atoms with E-state index in [0.29, 0.717) is 67.1 Å². The molecule has 1 saturated heterocycles. The Bertz CT molecular complexity index is 1230. The molecule has 9 heteroatoms. The molecular weight excluding hydrogens is 449 g/mol. The summed E-state index contributed by atoms with van der Waals surface area (Å²) in [7, 11) is 1.54. The quantitative estimate of drug-likeness (QED) is 0.483. The monoisotopic (exact) mass is 479 g/mol. The fourth-order valence-electron chi connectivity index (χ4n) is 4.40. The van der Waals surface area contributed by atoms with E-state index in [1.807, 2.05) is 13.0 Å². The summed E-state index contributed by atoms with van der Waals surface area (Å²) < 4.78 is 25.7. The number of rotatable bonds is 9. The molecule has 4 rings (SSSR count). The number of ether oxygens (including phenoxy) is 2. The molecule has 0 aliphatic carbocycles. The van der Waals surface area contributed by atoms with Crippen LogP contribution in [0, 0.1) is 17.1 Å². The minimum Gasteiger partial charge on any atom is -0.506 e. The highest BCUT2D eigenvalue weighted by Crippen LogP contribution is 2.25. The Kier molecular flexibility index (Phi) is 8.08. The molecule has 0 amide bonds. The van der Waals surface area contributed by atoms with Gasteiger partial charge in [0.05, 0.1) is 42.6 Å². The molecule has 8 nitrogen and oxygen atoms in total. The zero-order valence-electron chi connectivity index (χ0n) is 20.1. The van der Waals surface area contributed by atoms with Crippen LogP contribution >= 0.6 is 0 Å². The SMILES string of the molecule is CCc1cc(CNC[C@H]2CN(CCc3c(F)cnc4ccc(OC)nc34)CCO2)cc(C#N)c1O. The van der Waals surface area contributed by atoms with E-state index in [2.05, 4.69) is 26.3 Å². The van der Waals surface area contributed by atoms with E-state index in [1.165, 1.54) is 13.3 Å². The first-order valence-corrected chi connectivity index (χ1v) is 11.8. The second-order valence-corrected chi connectivity index (χ2v) is 8.60. The second kappa shape index (κ2) is 11.4. The highest BCUT2D eigenvalue weighted by Gasteiger charge is 2.21. The van der Waals surface area contributed by atoms with Gasteiger partial charge in [0, 0.05) is 44.4 Å². The van der Waals surface area contributed by atoms with E-state index in [-0.39, 0.29) is 17.7 Å². The number of pyridine rings is 2. The maximum atomic E-state index is 14.6.